The monoisotopic (exact) mass is 285 g/mol. The second-order valence-corrected chi connectivity index (χ2v) is 5.50. The van der Waals surface area contributed by atoms with Crippen LogP contribution in [0.5, 0.6) is 5.75 Å². The largest absolute Gasteiger partial charge is 0.492 e. The number of nitrogens with zero attached hydrogens (tertiary/aromatic N) is 2. The van der Waals surface area contributed by atoms with Crippen molar-refractivity contribution in [3.63, 3.8) is 0 Å². The fourth-order valence-electron chi connectivity index (χ4n) is 2.97. The van der Waals surface area contributed by atoms with Crippen molar-refractivity contribution in [2.75, 3.05) is 11.9 Å². The van der Waals surface area contributed by atoms with Gasteiger partial charge in [0.1, 0.15) is 5.75 Å². The Labute approximate surface area is 126 Å². The van der Waals surface area contributed by atoms with E-state index in [9.17, 15) is 0 Å². The zero-order chi connectivity index (χ0) is 14.5. The van der Waals surface area contributed by atoms with Gasteiger partial charge in [-0.1, -0.05) is 31.4 Å². The van der Waals surface area contributed by atoms with Crippen molar-refractivity contribution in [2.45, 2.75) is 45.1 Å². The normalized spacial score (nSPS) is 15.9. The Morgan fingerprint density at radius 2 is 2.05 bits per heavy atom. The molecule has 0 bridgehead atoms. The van der Waals surface area contributed by atoms with Crippen LogP contribution in [0.3, 0.4) is 0 Å². The molecule has 0 atom stereocenters. The molecule has 112 valence electrons. The first-order valence-electron chi connectivity index (χ1n) is 7.90. The van der Waals surface area contributed by atoms with Crippen LogP contribution in [0.4, 0.5) is 5.95 Å². The Hall–Kier alpha value is -1.97. The van der Waals surface area contributed by atoms with Crippen molar-refractivity contribution in [2.24, 2.45) is 0 Å². The summed E-state index contributed by atoms with van der Waals surface area (Å²) in [5, 5.41) is 3.59. The summed E-state index contributed by atoms with van der Waals surface area (Å²) in [7, 11) is 0. The molecule has 0 unspecified atom stereocenters. The summed E-state index contributed by atoms with van der Waals surface area (Å²) >= 11 is 0. The summed E-state index contributed by atoms with van der Waals surface area (Å²) < 4.78 is 7.81. The molecule has 1 aliphatic carbocycles. The maximum absolute atomic E-state index is 5.73. The van der Waals surface area contributed by atoms with Crippen LogP contribution in [0.25, 0.3) is 5.69 Å². The molecular formula is C17H23N3O. The maximum atomic E-state index is 5.73. The maximum Gasteiger partial charge on any atom is 0.207 e. The molecule has 1 fully saturated rings. The molecule has 1 heterocycles. The molecule has 0 radical (unpaired) electrons. The molecule has 1 aliphatic rings. The van der Waals surface area contributed by atoms with Crippen molar-refractivity contribution in [1.29, 1.82) is 0 Å². The summed E-state index contributed by atoms with van der Waals surface area (Å²) in [5.74, 6) is 1.80. The van der Waals surface area contributed by atoms with Crippen LogP contribution >= 0.6 is 0 Å². The first kappa shape index (κ1) is 14.0. The molecule has 0 saturated heterocycles. The lowest BCUT2D eigenvalue weighted by Crippen LogP contribution is -2.24. The van der Waals surface area contributed by atoms with Crippen molar-refractivity contribution < 1.29 is 4.74 Å². The summed E-state index contributed by atoms with van der Waals surface area (Å²) in [6.45, 7) is 2.67. The van der Waals surface area contributed by atoms with Crippen LogP contribution in [-0.4, -0.2) is 22.2 Å². The smallest absolute Gasteiger partial charge is 0.207 e. The van der Waals surface area contributed by atoms with E-state index in [4.69, 9.17) is 4.74 Å². The van der Waals surface area contributed by atoms with Gasteiger partial charge in [0.25, 0.3) is 0 Å². The first-order chi connectivity index (χ1) is 10.4. The number of rotatable bonds is 5. The predicted molar refractivity (Wildman–Crippen MR) is 85.2 cm³/mol. The minimum absolute atomic E-state index is 0.541. The lowest BCUT2D eigenvalue weighted by atomic mass is 9.96. The molecule has 4 heteroatoms. The Bertz CT molecular complexity index is 573. The number of nitrogens with one attached hydrogen (secondary N) is 1. The van der Waals surface area contributed by atoms with Crippen LogP contribution in [-0.2, 0) is 0 Å². The highest BCUT2D eigenvalue weighted by molar-refractivity contribution is 5.51. The van der Waals surface area contributed by atoms with E-state index in [0.29, 0.717) is 12.6 Å². The van der Waals surface area contributed by atoms with E-state index in [1.165, 1.54) is 32.1 Å². The number of ether oxygens (including phenoxy) is 1. The molecule has 4 nitrogen and oxygen atoms in total. The Balaban J connectivity index is 1.84. The quantitative estimate of drug-likeness (QED) is 0.902. The van der Waals surface area contributed by atoms with E-state index in [1.807, 2.05) is 37.5 Å². The fraction of sp³-hybridized carbons (Fsp3) is 0.471. The third-order valence-electron chi connectivity index (χ3n) is 4.00. The van der Waals surface area contributed by atoms with Gasteiger partial charge in [-0.3, -0.25) is 4.57 Å². The van der Waals surface area contributed by atoms with Crippen molar-refractivity contribution in [3.8, 4) is 11.4 Å². The van der Waals surface area contributed by atoms with Crippen LogP contribution in [0.2, 0.25) is 0 Å². The van der Waals surface area contributed by atoms with Gasteiger partial charge in [0, 0.05) is 18.4 Å². The second kappa shape index (κ2) is 6.66. The van der Waals surface area contributed by atoms with E-state index < -0.39 is 0 Å². The fourth-order valence-corrected chi connectivity index (χ4v) is 2.97. The van der Waals surface area contributed by atoms with Gasteiger partial charge >= 0.3 is 0 Å². The standard InChI is InChI=1S/C17H23N3O/c1-2-21-16-11-7-6-10-15(16)20-13-12-18-17(20)19-14-8-4-3-5-9-14/h6-7,10-14H,2-5,8-9H2,1H3,(H,18,19). The van der Waals surface area contributed by atoms with Gasteiger partial charge in [-0.05, 0) is 31.9 Å². The number of imidazole rings is 1. The third kappa shape index (κ3) is 3.20. The molecule has 0 aliphatic heterocycles. The van der Waals surface area contributed by atoms with Crippen molar-refractivity contribution in [3.05, 3.63) is 36.7 Å². The predicted octanol–water partition coefficient (Wildman–Crippen LogP) is 4.02. The van der Waals surface area contributed by atoms with E-state index in [-0.39, 0.29) is 0 Å². The number of hydrogen-bond donors (Lipinski definition) is 1. The number of anilines is 1. The molecule has 0 spiro atoms. The van der Waals surface area contributed by atoms with E-state index in [2.05, 4.69) is 20.9 Å². The zero-order valence-electron chi connectivity index (χ0n) is 12.6. The lowest BCUT2D eigenvalue weighted by Gasteiger charge is -2.24. The Morgan fingerprint density at radius 3 is 2.86 bits per heavy atom. The highest BCUT2D eigenvalue weighted by Gasteiger charge is 2.16. The van der Waals surface area contributed by atoms with E-state index in [0.717, 1.165) is 17.4 Å². The molecule has 1 aromatic heterocycles. The molecular weight excluding hydrogens is 262 g/mol. The van der Waals surface area contributed by atoms with E-state index >= 15 is 0 Å². The number of hydrogen-bond acceptors (Lipinski definition) is 3. The molecule has 2 aromatic rings. The van der Waals surface area contributed by atoms with Gasteiger partial charge in [0.15, 0.2) is 0 Å². The van der Waals surface area contributed by atoms with E-state index in [1.54, 1.807) is 0 Å². The van der Waals surface area contributed by atoms with Crippen LogP contribution < -0.4 is 10.1 Å². The first-order valence-corrected chi connectivity index (χ1v) is 7.90. The van der Waals surface area contributed by atoms with Crippen LogP contribution in [0.15, 0.2) is 36.7 Å². The minimum atomic E-state index is 0.541. The van der Waals surface area contributed by atoms with Crippen LogP contribution in [0, 0.1) is 0 Å². The topological polar surface area (TPSA) is 39.1 Å². The van der Waals surface area contributed by atoms with Crippen molar-refractivity contribution >= 4 is 5.95 Å². The van der Waals surface area contributed by atoms with Crippen molar-refractivity contribution in [1.82, 2.24) is 9.55 Å². The minimum Gasteiger partial charge on any atom is -0.492 e. The average Bonchev–Trinajstić information content (AvgIpc) is 2.97. The summed E-state index contributed by atoms with van der Waals surface area (Å²) in [4.78, 5) is 4.48. The molecule has 3 rings (SSSR count). The van der Waals surface area contributed by atoms with Gasteiger partial charge in [0.05, 0.1) is 12.3 Å². The molecule has 21 heavy (non-hydrogen) atoms. The zero-order valence-corrected chi connectivity index (χ0v) is 12.6. The Morgan fingerprint density at radius 1 is 1.24 bits per heavy atom. The van der Waals surface area contributed by atoms with Gasteiger partial charge in [-0.2, -0.15) is 0 Å². The van der Waals surface area contributed by atoms with Gasteiger partial charge in [0.2, 0.25) is 5.95 Å². The van der Waals surface area contributed by atoms with Crippen LogP contribution in [0.1, 0.15) is 39.0 Å². The second-order valence-electron chi connectivity index (χ2n) is 5.50. The SMILES string of the molecule is CCOc1ccccc1-n1ccnc1NC1CCCCC1. The number of aromatic nitrogens is 2. The molecule has 0 amide bonds. The molecule has 1 N–H and O–H groups in total. The Kier molecular flexibility index (Phi) is 4.43. The van der Waals surface area contributed by atoms with Gasteiger partial charge < -0.3 is 10.1 Å². The highest BCUT2D eigenvalue weighted by Crippen LogP contribution is 2.27. The van der Waals surface area contributed by atoms with Gasteiger partial charge in [-0.15, -0.1) is 0 Å². The van der Waals surface area contributed by atoms with Gasteiger partial charge in [-0.25, -0.2) is 4.98 Å². The number of benzene rings is 1. The molecule has 1 aromatic carbocycles. The third-order valence-corrected chi connectivity index (χ3v) is 4.00. The summed E-state index contributed by atoms with van der Waals surface area (Å²) in [5.41, 5.74) is 1.04. The number of para-hydroxylation sites is 2. The summed E-state index contributed by atoms with van der Waals surface area (Å²) in [6.07, 6.45) is 10.3. The lowest BCUT2D eigenvalue weighted by molar-refractivity contribution is 0.339. The average molecular weight is 285 g/mol. The highest BCUT2D eigenvalue weighted by atomic mass is 16.5. The molecule has 1 saturated carbocycles. The summed E-state index contributed by atoms with van der Waals surface area (Å²) in [6, 6.07) is 8.64.